The van der Waals surface area contributed by atoms with Crippen LogP contribution < -0.4 is 3.53 Å². The van der Waals surface area contributed by atoms with Crippen LogP contribution in [0.5, 0.6) is 0 Å². The minimum absolute atomic E-state index is 0.0697. The first-order chi connectivity index (χ1) is 13.9. The van der Waals surface area contributed by atoms with Gasteiger partial charge in [0.1, 0.15) is 0 Å². The van der Waals surface area contributed by atoms with E-state index < -0.39 is 11.7 Å². The average Bonchev–Trinajstić information content (AvgIpc) is 2.65. The third-order valence-electron chi connectivity index (χ3n) is 5.65. The van der Waals surface area contributed by atoms with Crippen molar-refractivity contribution < 1.29 is 18.0 Å². The molecule has 1 N–H and O–H groups in total. The Kier molecular flexibility index (Phi) is 5.74. The summed E-state index contributed by atoms with van der Waals surface area (Å²) < 4.78 is 41.7. The topological polar surface area (TPSA) is 35.6 Å². The van der Waals surface area contributed by atoms with Gasteiger partial charge in [-0.2, -0.15) is 13.2 Å². The number of alkyl halides is 3. The van der Waals surface area contributed by atoms with Crippen molar-refractivity contribution in [2.45, 2.75) is 25.1 Å². The predicted molar refractivity (Wildman–Crippen MR) is 114 cm³/mol. The van der Waals surface area contributed by atoms with E-state index >= 15 is 0 Å². The molecule has 29 heavy (non-hydrogen) atoms. The standard InChI is InChI=1S/C21H21F3IN3O/c22-21(23,24)18-5-2-14(3-6-18)15-4-7-19-16(10-15)12-28(13-17(19)11-26-25)20(29)27-8-1-9-27/h2-7,10,17,26H,1,8-9,11-13H2. The van der Waals surface area contributed by atoms with Gasteiger partial charge in [0.05, 0.1) is 5.56 Å². The highest BCUT2D eigenvalue weighted by molar-refractivity contribution is 14.1. The number of halogens is 4. The SMILES string of the molecule is O=C(N1CCC1)N1Cc2cc(-c3ccc(C(F)(F)F)cc3)ccc2C(CNI)C1. The maximum absolute atomic E-state index is 12.8. The Morgan fingerprint density at radius 1 is 1.07 bits per heavy atom. The highest BCUT2D eigenvalue weighted by Crippen LogP contribution is 2.34. The molecule has 2 aliphatic heterocycles. The molecule has 2 aromatic carbocycles. The molecule has 1 fully saturated rings. The number of hydrogen-bond donors (Lipinski definition) is 1. The van der Waals surface area contributed by atoms with Crippen LogP contribution in [0.4, 0.5) is 18.0 Å². The van der Waals surface area contributed by atoms with Crippen LogP contribution in [0.2, 0.25) is 0 Å². The lowest BCUT2D eigenvalue weighted by Gasteiger charge is -2.40. The molecule has 0 spiro atoms. The molecule has 1 atom stereocenters. The van der Waals surface area contributed by atoms with E-state index in [1.54, 1.807) is 0 Å². The molecule has 2 aliphatic rings. The quantitative estimate of drug-likeness (QED) is 0.460. The van der Waals surface area contributed by atoms with Gasteiger partial charge in [-0.15, -0.1) is 0 Å². The summed E-state index contributed by atoms with van der Waals surface area (Å²) in [6, 6.07) is 11.3. The van der Waals surface area contributed by atoms with Crippen LogP contribution in [0.25, 0.3) is 11.1 Å². The highest BCUT2D eigenvalue weighted by Gasteiger charge is 2.33. The highest BCUT2D eigenvalue weighted by atomic mass is 127. The molecule has 2 aromatic rings. The molecule has 4 nitrogen and oxygen atoms in total. The number of hydrogen-bond acceptors (Lipinski definition) is 2. The Labute approximate surface area is 181 Å². The molecule has 0 aliphatic carbocycles. The monoisotopic (exact) mass is 515 g/mol. The maximum atomic E-state index is 12.8. The molecular formula is C21H21F3IN3O. The van der Waals surface area contributed by atoms with E-state index in [9.17, 15) is 18.0 Å². The molecule has 1 unspecified atom stereocenters. The van der Waals surface area contributed by atoms with Gasteiger partial charge >= 0.3 is 12.2 Å². The van der Waals surface area contributed by atoms with Gasteiger partial charge in [-0.3, -0.25) is 3.53 Å². The van der Waals surface area contributed by atoms with Gasteiger partial charge in [0, 0.05) is 61.5 Å². The fourth-order valence-electron chi connectivity index (χ4n) is 3.93. The molecule has 2 heterocycles. The Morgan fingerprint density at radius 3 is 2.34 bits per heavy atom. The van der Waals surface area contributed by atoms with Crippen molar-refractivity contribution >= 4 is 28.9 Å². The third kappa shape index (κ3) is 4.23. The second-order valence-electron chi connectivity index (χ2n) is 7.53. The van der Waals surface area contributed by atoms with E-state index in [4.69, 9.17) is 0 Å². The first-order valence-electron chi connectivity index (χ1n) is 9.54. The van der Waals surface area contributed by atoms with Gasteiger partial charge in [0.25, 0.3) is 0 Å². The summed E-state index contributed by atoms with van der Waals surface area (Å²) in [6.45, 7) is 3.55. The average molecular weight is 515 g/mol. The van der Waals surface area contributed by atoms with Crippen molar-refractivity contribution in [2.75, 3.05) is 26.2 Å². The van der Waals surface area contributed by atoms with Crippen molar-refractivity contribution in [1.82, 2.24) is 13.3 Å². The van der Waals surface area contributed by atoms with Crippen molar-refractivity contribution in [3.8, 4) is 11.1 Å². The number of urea groups is 1. The molecular weight excluding hydrogens is 494 g/mol. The van der Waals surface area contributed by atoms with Crippen LogP contribution in [-0.4, -0.2) is 42.0 Å². The summed E-state index contributed by atoms with van der Waals surface area (Å²) in [5.74, 6) is 0.183. The predicted octanol–water partition coefficient (Wildman–Crippen LogP) is 5.04. The minimum Gasteiger partial charge on any atom is -0.325 e. The number of rotatable bonds is 3. The van der Waals surface area contributed by atoms with Gasteiger partial charge in [0.2, 0.25) is 0 Å². The Bertz CT molecular complexity index is 897. The van der Waals surface area contributed by atoms with Crippen LogP contribution in [0.3, 0.4) is 0 Å². The normalized spacial score (nSPS) is 19.0. The fraction of sp³-hybridized carbons (Fsp3) is 0.381. The lowest BCUT2D eigenvalue weighted by Crippen LogP contribution is -2.52. The van der Waals surface area contributed by atoms with Crippen molar-refractivity contribution in [3.63, 3.8) is 0 Å². The van der Waals surface area contributed by atoms with Crippen molar-refractivity contribution in [1.29, 1.82) is 0 Å². The molecule has 1 saturated heterocycles. The summed E-state index contributed by atoms with van der Waals surface area (Å²) in [5, 5.41) is 0. The maximum Gasteiger partial charge on any atom is 0.416 e. The van der Waals surface area contributed by atoms with Gasteiger partial charge in [0.15, 0.2) is 0 Å². The van der Waals surface area contributed by atoms with E-state index in [2.05, 4.69) is 26.4 Å². The van der Waals surface area contributed by atoms with E-state index in [0.717, 1.165) is 54.9 Å². The first kappa shape index (κ1) is 20.5. The van der Waals surface area contributed by atoms with Crippen molar-refractivity contribution in [3.05, 3.63) is 59.2 Å². The molecule has 4 rings (SSSR count). The second-order valence-corrected chi connectivity index (χ2v) is 8.29. The second kappa shape index (κ2) is 8.14. The zero-order valence-corrected chi connectivity index (χ0v) is 17.8. The summed E-state index contributed by atoms with van der Waals surface area (Å²) in [7, 11) is 0. The first-order valence-corrected chi connectivity index (χ1v) is 10.6. The van der Waals surface area contributed by atoms with Crippen LogP contribution >= 0.6 is 22.9 Å². The smallest absolute Gasteiger partial charge is 0.325 e. The van der Waals surface area contributed by atoms with E-state index in [-0.39, 0.29) is 11.9 Å². The zero-order chi connectivity index (χ0) is 20.6. The number of fused-ring (bicyclic) bond motifs is 1. The van der Waals surface area contributed by atoms with Crippen LogP contribution in [0, 0.1) is 0 Å². The van der Waals surface area contributed by atoms with Crippen molar-refractivity contribution in [2.24, 2.45) is 0 Å². The van der Waals surface area contributed by atoms with E-state index in [1.807, 2.05) is 28.0 Å². The van der Waals surface area contributed by atoms with Gasteiger partial charge < -0.3 is 9.80 Å². The molecule has 0 radical (unpaired) electrons. The number of carbonyl (C=O) groups is 1. The van der Waals surface area contributed by atoms with Crippen LogP contribution in [0.1, 0.15) is 29.0 Å². The third-order valence-corrected chi connectivity index (χ3v) is 6.09. The van der Waals surface area contributed by atoms with Crippen LogP contribution in [-0.2, 0) is 12.7 Å². The van der Waals surface area contributed by atoms with Gasteiger partial charge in [-0.1, -0.05) is 24.3 Å². The number of amides is 2. The van der Waals surface area contributed by atoms with Gasteiger partial charge in [-0.05, 0) is 46.9 Å². The number of benzene rings is 2. The molecule has 0 saturated carbocycles. The molecule has 154 valence electrons. The summed E-state index contributed by atoms with van der Waals surface area (Å²) in [4.78, 5) is 16.5. The Hall–Kier alpha value is -1.81. The summed E-state index contributed by atoms with van der Waals surface area (Å²) in [6.07, 6.45) is -3.29. The number of nitrogens with zero attached hydrogens (tertiary/aromatic N) is 2. The van der Waals surface area contributed by atoms with E-state index in [0.29, 0.717) is 13.1 Å². The van der Waals surface area contributed by atoms with Crippen LogP contribution in [0.15, 0.2) is 42.5 Å². The molecule has 8 heteroatoms. The lowest BCUT2D eigenvalue weighted by atomic mass is 9.87. The molecule has 0 aromatic heterocycles. The Morgan fingerprint density at radius 2 is 1.76 bits per heavy atom. The minimum atomic E-state index is -4.34. The van der Waals surface area contributed by atoms with Gasteiger partial charge in [-0.25, -0.2) is 4.79 Å². The Balaban J connectivity index is 1.63. The summed E-state index contributed by atoms with van der Waals surface area (Å²) in [5.41, 5.74) is 3.18. The lowest BCUT2D eigenvalue weighted by molar-refractivity contribution is -0.137. The molecule has 2 amide bonds. The van der Waals surface area contributed by atoms with E-state index in [1.165, 1.54) is 17.7 Å². The summed E-state index contributed by atoms with van der Waals surface area (Å²) >= 11 is 2.11. The molecule has 0 bridgehead atoms. The number of carbonyl (C=O) groups excluding carboxylic acids is 1. The largest absolute Gasteiger partial charge is 0.416 e. The number of nitrogens with one attached hydrogen (secondary N) is 1. The number of likely N-dealkylation sites (tertiary alicyclic amines) is 1. The zero-order valence-electron chi connectivity index (χ0n) is 15.7. The fourth-order valence-corrected chi connectivity index (χ4v) is 4.46.